The third-order valence-corrected chi connectivity index (χ3v) is 6.16. The second kappa shape index (κ2) is 7.63. The molecule has 2 bridgehead atoms. The van der Waals surface area contributed by atoms with Crippen LogP contribution in [0.1, 0.15) is 63.4 Å². The van der Waals surface area contributed by atoms with E-state index < -0.39 is 0 Å². The van der Waals surface area contributed by atoms with Crippen LogP contribution in [-0.4, -0.2) is 23.1 Å². The van der Waals surface area contributed by atoms with E-state index in [-0.39, 0.29) is 12.1 Å². The predicted molar refractivity (Wildman–Crippen MR) is 99.2 cm³/mol. The molecule has 1 aromatic rings. The zero-order chi connectivity index (χ0) is 17.1. The summed E-state index contributed by atoms with van der Waals surface area (Å²) >= 11 is 0. The summed E-state index contributed by atoms with van der Waals surface area (Å²) in [5.41, 5.74) is 2.66. The fraction of sp³-hybridized carbons (Fsp3) is 0.591. The number of hydrogen-bond acceptors (Lipinski definition) is 2. The van der Waals surface area contributed by atoms with Crippen LogP contribution in [-0.2, 0) is 11.3 Å². The number of benzene rings is 1. The molecule has 2 heterocycles. The van der Waals surface area contributed by atoms with E-state index in [0.717, 1.165) is 30.7 Å². The highest BCUT2D eigenvalue weighted by Gasteiger charge is 2.38. The Balaban J connectivity index is 1.39. The van der Waals surface area contributed by atoms with Gasteiger partial charge in [0.1, 0.15) is 6.61 Å². The molecule has 2 unspecified atom stereocenters. The summed E-state index contributed by atoms with van der Waals surface area (Å²) in [6.07, 6.45) is 13.6. The third kappa shape index (κ3) is 3.91. The van der Waals surface area contributed by atoms with Gasteiger partial charge in [-0.1, -0.05) is 67.7 Å². The fourth-order valence-corrected chi connectivity index (χ4v) is 4.93. The first-order valence-corrected chi connectivity index (χ1v) is 9.98. The number of hydrogen-bond donors (Lipinski definition) is 0. The Kier molecular flexibility index (Phi) is 5.09. The number of amides is 1. The Bertz CT molecular complexity index is 618. The van der Waals surface area contributed by atoms with E-state index in [1.165, 1.54) is 38.5 Å². The number of fused-ring (bicyclic) bond motifs is 2. The molecule has 0 radical (unpaired) electrons. The molecule has 0 spiro atoms. The van der Waals surface area contributed by atoms with Gasteiger partial charge >= 0.3 is 6.09 Å². The molecule has 1 aliphatic carbocycles. The van der Waals surface area contributed by atoms with Gasteiger partial charge in [-0.2, -0.15) is 0 Å². The van der Waals surface area contributed by atoms with Crippen LogP contribution in [0.4, 0.5) is 4.79 Å². The van der Waals surface area contributed by atoms with Crippen LogP contribution in [0.3, 0.4) is 0 Å². The maximum Gasteiger partial charge on any atom is 0.410 e. The summed E-state index contributed by atoms with van der Waals surface area (Å²) in [5, 5.41) is 0. The first kappa shape index (κ1) is 16.7. The van der Waals surface area contributed by atoms with Gasteiger partial charge < -0.3 is 4.74 Å². The van der Waals surface area contributed by atoms with E-state index in [1.54, 1.807) is 5.57 Å². The minimum absolute atomic E-state index is 0.130. The molecule has 0 N–H and O–H groups in total. The molecule has 3 heteroatoms. The number of ether oxygens (including phenoxy) is 1. The van der Waals surface area contributed by atoms with Crippen molar-refractivity contribution >= 4 is 6.09 Å². The lowest BCUT2D eigenvalue weighted by Crippen LogP contribution is -2.52. The zero-order valence-corrected chi connectivity index (χ0v) is 15.0. The van der Waals surface area contributed by atoms with Gasteiger partial charge in [0.15, 0.2) is 0 Å². The van der Waals surface area contributed by atoms with Gasteiger partial charge in [0.2, 0.25) is 0 Å². The van der Waals surface area contributed by atoms with Gasteiger partial charge in [0.05, 0.1) is 6.04 Å². The van der Waals surface area contributed by atoms with Gasteiger partial charge in [-0.15, -0.1) is 0 Å². The average molecular weight is 339 g/mol. The lowest BCUT2D eigenvalue weighted by Gasteiger charge is -2.44. The van der Waals surface area contributed by atoms with Crippen molar-refractivity contribution in [2.45, 2.75) is 76.5 Å². The van der Waals surface area contributed by atoms with E-state index in [2.05, 4.69) is 6.08 Å². The van der Waals surface area contributed by atoms with Crippen LogP contribution in [0.2, 0.25) is 0 Å². The summed E-state index contributed by atoms with van der Waals surface area (Å²) in [6.45, 7) is 0.369. The first-order chi connectivity index (χ1) is 12.3. The first-order valence-electron chi connectivity index (χ1n) is 9.98. The van der Waals surface area contributed by atoms with Crippen molar-refractivity contribution in [3.05, 3.63) is 47.5 Å². The number of piperidine rings is 1. The van der Waals surface area contributed by atoms with Gasteiger partial charge in [0, 0.05) is 6.04 Å². The highest BCUT2D eigenvalue weighted by atomic mass is 16.6. The maximum atomic E-state index is 12.7. The smallest absolute Gasteiger partial charge is 0.410 e. The van der Waals surface area contributed by atoms with Crippen molar-refractivity contribution in [2.75, 3.05) is 0 Å². The van der Waals surface area contributed by atoms with Crippen LogP contribution in [0.15, 0.2) is 42.0 Å². The predicted octanol–water partition coefficient (Wildman–Crippen LogP) is 5.46. The molecule has 1 amide bonds. The quantitative estimate of drug-likeness (QED) is 0.682. The molecular weight excluding hydrogens is 310 g/mol. The molecule has 3 nitrogen and oxygen atoms in total. The summed E-state index contributed by atoms with van der Waals surface area (Å²) in [6, 6.07) is 10.6. The topological polar surface area (TPSA) is 29.5 Å². The Hall–Kier alpha value is -1.77. The average Bonchev–Trinajstić information content (AvgIpc) is 3.13. The van der Waals surface area contributed by atoms with Crippen molar-refractivity contribution in [3.8, 4) is 0 Å². The van der Waals surface area contributed by atoms with Crippen molar-refractivity contribution in [1.29, 1.82) is 0 Å². The Morgan fingerprint density at radius 3 is 2.60 bits per heavy atom. The molecular formula is C22H29NO2. The van der Waals surface area contributed by atoms with E-state index in [4.69, 9.17) is 4.74 Å². The molecule has 134 valence electrons. The minimum atomic E-state index is -0.130. The largest absolute Gasteiger partial charge is 0.445 e. The molecule has 2 fully saturated rings. The Morgan fingerprint density at radius 1 is 1.04 bits per heavy atom. The Morgan fingerprint density at radius 2 is 1.84 bits per heavy atom. The zero-order valence-electron chi connectivity index (χ0n) is 15.0. The van der Waals surface area contributed by atoms with Gasteiger partial charge in [-0.3, -0.25) is 4.90 Å². The van der Waals surface area contributed by atoms with Crippen LogP contribution >= 0.6 is 0 Å². The maximum absolute atomic E-state index is 12.7. The standard InChI is InChI=1S/C22H29NO2/c24-22(25-16-18-9-2-1-3-10-18)23-20-11-6-12-21(23)15-19(14-20)13-17-7-4-5-8-17/h1-3,9-10,14,17,20-21H,4-8,11-13,15-16H2. The SMILES string of the molecule is O=C(OCc1ccccc1)N1C2C=C(CC3CCCC3)CC1CCC2. The number of carbonyl (C=O) groups excluding carboxylic acids is 1. The van der Waals surface area contributed by atoms with Crippen LogP contribution in [0.25, 0.3) is 0 Å². The van der Waals surface area contributed by atoms with Crippen LogP contribution in [0.5, 0.6) is 0 Å². The van der Waals surface area contributed by atoms with E-state index in [1.807, 2.05) is 35.2 Å². The van der Waals surface area contributed by atoms with E-state index in [0.29, 0.717) is 12.6 Å². The van der Waals surface area contributed by atoms with Crippen molar-refractivity contribution in [3.63, 3.8) is 0 Å². The Labute approximate surface area is 151 Å². The minimum Gasteiger partial charge on any atom is -0.445 e. The summed E-state index contributed by atoms with van der Waals surface area (Å²) < 4.78 is 5.63. The van der Waals surface area contributed by atoms with Crippen LogP contribution in [0, 0.1) is 5.92 Å². The van der Waals surface area contributed by atoms with E-state index in [9.17, 15) is 4.79 Å². The van der Waals surface area contributed by atoms with Gasteiger partial charge in [0.25, 0.3) is 0 Å². The molecule has 1 saturated heterocycles. The normalized spacial score (nSPS) is 26.4. The molecule has 1 aromatic carbocycles. The molecule has 25 heavy (non-hydrogen) atoms. The highest BCUT2D eigenvalue weighted by Crippen LogP contribution is 2.38. The molecule has 2 aliphatic heterocycles. The summed E-state index contributed by atoms with van der Waals surface area (Å²) in [7, 11) is 0. The molecule has 3 aliphatic rings. The van der Waals surface area contributed by atoms with Gasteiger partial charge in [-0.05, 0) is 43.6 Å². The number of carbonyl (C=O) groups is 1. The van der Waals surface area contributed by atoms with Crippen molar-refractivity contribution in [1.82, 2.24) is 4.90 Å². The van der Waals surface area contributed by atoms with E-state index >= 15 is 0 Å². The summed E-state index contributed by atoms with van der Waals surface area (Å²) in [5.74, 6) is 0.892. The third-order valence-electron chi connectivity index (χ3n) is 6.16. The molecule has 4 rings (SSSR count). The molecule has 2 atom stereocenters. The monoisotopic (exact) mass is 339 g/mol. The lowest BCUT2D eigenvalue weighted by atomic mass is 9.82. The van der Waals surface area contributed by atoms with Crippen molar-refractivity contribution in [2.24, 2.45) is 5.92 Å². The lowest BCUT2D eigenvalue weighted by molar-refractivity contribution is 0.0477. The second-order valence-corrected chi connectivity index (χ2v) is 7.98. The van der Waals surface area contributed by atoms with Crippen LogP contribution < -0.4 is 0 Å². The molecule has 0 aromatic heterocycles. The second-order valence-electron chi connectivity index (χ2n) is 7.98. The number of nitrogens with zero attached hydrogens (tertiary/aromatic N) is 1. The molecule has 1 saturated carbocycles. The summed E-state index contributed by atoms with van der Waals surface area (Å²) in [4.78, 5) is 14.7. The van der Waals surface area contributed by atoms with Crippen molar-refractivity contribution < 1.29 is 9.53 Å². The fourth-order valence-electron chi connectivity index (χ4n) is 4.93. The highest BCUT2D eigenvalue weighted by molar-refractivity contribution is 5.69. The number of rotatable bonds is 4. The van der Waals surface area contributed by atoms with Gasteiger partial charge in [-0.25, -0.2) is 4.79 Å².